The van der Waals surface area contributed by atoms with E-state index >= 15 is 0 Å². The van der Waals surface area contributed by atoms with Crippen LogP contribution in [0, 0.1) is 0 Å². The highest BCUT2D eigenvalue weighted by molar-refractivity contribution is 5.90. The Morgan fingerprint density at radius 3 is 2.26 bits per heavy atom. The number of furan rings is 1. The molecular formula is C19H14O4. The summed E-state index contributed by atoms with van der Waals surface area (Å²) in [4.78, 5) is 22.3. The highest BCUT2D eigenvalue weighted by Gasteiger charge is 2.12. The summed E-state index contributed by atoms with van der Waals surface area (Å²) in [6.07, 6.45) is 0.678. The molecule has 0 aliphatic carbocycles. The average molecular weight is 306 g/mol. The summed E-state index contributed by atoms with van der Waals surface area (Å²) < 4.78 is 10.2. The molecule has 0 aliphatic heterocycles. The van der Waals surface area contributed by atoms with Gasteiger partial charge in [0, 0.05) is 5.56 Å². The van der Waals surface area contributed by atoms with E-state index in [1.54, 1.807) is 24.3 Å². The maximum Gasteiger partial charge on any atom is 0.337 e. The molecule has 3 aromatic rings. The molecule has 1 aromatic heterocycles. The number of ether oxygens (including phenoxy) is 1. The summed E-state index contributed by atoms with van der Waals surface area (Å²) >= 11 is 0. The van der Waals surface area contributed by atoms with E-state index in [2.05, 4.69) is 0 Å². The van der Waals surface area contributed by atoms with Crippen LogP contribution in [0.3, 0.4) is 0 Å². The van der Waals surface area contributed by atoms with E-state index in [1.807, 2.05) is 36.4 Å². The van der Waals surface area contributed by atoms with Crippen LogP contribution in [-0.4, -0.2) is 19.4 Å². The van der Waals surface area contributed by atoms with Gasteiger partial charge in [0.05, 0.1) is 12.7 Å². The minimum atomic E-state index is -0.369. The predicted molar refractivity (Wildman–Crippen MR) is 86.3 cm³/mol. The van der Waals surface area contributed by atoms with Gasteiger partial charge in [-0.3, -0.25) is 4.79 Å². The van der Waals surface area contributed by atoms with Crippen molar-refractivity contribution in [1.29, 1.82) is 0 Å². The van der Waals surface area contributed by atoms with Crippen LogP contribution in [-0.2, 0) is 4.74 Å². The maximum absolute atomic E-state index is 11.5. The van der Waals surface area contributed by atoms with Gasteiger partial charge in [-0.25, -0.2) is 4.79 Å². The van der Waals surface area contributed by atoms with Gasteiger partial charge >= 0.3 is 5.97 Å². The van der Waals surface area contributed by atoms with Crippen molar-refractivity contribution in [2.45, 2.75) is 0 Å². The van der Waals surface area contributed by atoms with Crippen LogP contribution >= 0.6 is 0 Å². The van der Waals surface area contributed by atoms with Gasteiger partial charge in [-0.05, 0) is 35.4 Å². The Kier molecular flexibility index (Phi) is 4.06. The number of carbonyl (C=O) groups excluding carboxylic acids is 2. The number of esters is 1. The Balaban J connectivity index is 2.03. The van der Waals surface area contributed by atoms with Crippen molar-refractivity contribution in [3.8, 4) is 22.5 Å². The van der Waals surface area contributed by atoms with E-state index in [-0.39, 0.29) is 11.7 Å². The van der Waals surface area contributed by atoms with Crippen molar-refractivity contribution in [2.24, 2.45) is 0 Å². The maximum atomic E-state index is 11.5. The molecule has 0 atom stereocenters. The molecule has 0 radical (unpaired) electrons. The van der Waals surface area contributed by atoms with E-state index in [4.69, 9.17) is 9.15 Å². The summed E-state index contributed by atoms with van der Waals surface area (Å²) in [7, 11) is 1.35. The van der Waals surface area contributed by atoms with Crippen molar-refractivity contribution < 1.29 is 18.7 Å². The molecule has 0 unspecified atom stereocenters. The molecule has 2 aromatic carbocycles. The van der Waals surface area contributed by atoms with E-state index in [0.29, 0.717) is 17.6 Å². The molecule has 4 nitrogen and oxygen atoms in total. The number of methoxy groups -OCH3 is 1. The van der Waals surface area contributed by atoms with Gasteiger partial charge in [0.1, 0.15) is 5.76 Å². The van der Waals surface area contributed by atoms with Gasteiger partial charge in [-0.1, -0.05) is 36.4 Å². The largest absolute Gasteiger partial charge is 0.465 e. The van der Waals surface area contributed by atoms with Gasteiger partial charge < -0.3 is 9.15 Å². The first-order valence-corrected chi connectivity index (χ1v) is 7.06. The third kappa shape index (κ3) is 2.92. The van der Waals surface area contributed by atoms with Crippen LogP contribution in [0.5, 0.6) is 0 Å². The Morgan fingerprint density at radius 2 is 1.65 bits per heavy atom. The van der Waals surface area contributed by atoms with Crippen molar-refractivity contribution >= 4 is 12.3 Å². The topological polar surface area (TPSA) is 56.5 Å². The standard InChI is InChI=1S/C19H14O4/c1-22-19(21)14-8-6-13(7-9-14)16-4-2-3-5-17(16)18-11-10-15(12-20)23-18/h2-12H,1H3. The second kappa shape index (κ2) is 6.32. The van der Waals surface area contributed by atoms with Crippen molar-refractivity contribution in [3.63, 3.8) is 0 Å². The first-order valence-electron chi connectivity index (χ1n) is 7.06. The van der Waals surface area contributed by atoms with Gasteiger partial charge in [-0.15, -0.1) is 0 Å². The van der Waals surface area contributed by atoms with Crippen molar-refractivity contribution in [2.75, 3.05) is 7.11 Å². The van der Waals surface area contributed by atoms with Gasteiger partial charge in [0.2, 0.25) is 0 Å². The fourth-order valence-corrected chi connectivity index (χ4v) is 2.41. The lowest BCUT2D eigenvalue weighted by Gasteiger charge is -2.08. The number of benzene rings is 2. The Morgan fingerprint density at radius 1 is 0.957 bits per heavy atom. The van der Waals surface area contributed by atoms with Gasteiger partial charge in [0.25, 0.3) is 0 Å². The third-order valence-electron chi connectivity index (χ3n) is 3.55. The second-order valence-electron chi connectivity index (χ2n) is 4.93. The zero-order valence-electron chi connectivity index (χ0n) is 12.5. The minimum absolute atomic E-state index is 0.288. The lowest BCUT2D eigenvalue weighted by molar-refractivity contribution is 0.0600. The molecule has 1 heterocycles. The molecule has 23 heavy (non-hydrogen) atoms. The van der Waals surface area contributed by atoms with Gasteiger partial charge in [0.15, 0.2) is 12.0 Å². The Labute approximate surface area is 133 Å². The number of hydrogen-bond acceptors (Lipinski definition) is 4. The second-order valence-corrected chi connectivity index (χ2v) is 4.93. The van der Waals surface area contributed by atoms with Crippen LogP contribution in [0.1, 0.15) is 20.9 Å². The Bertz CT molecular complexity index is 844. The average Bonchev–Trinajstić information content (AvgIpc) is 3.10. The van der Waals surface area contributed by atoms with Gasteiger partial charge in [-0.2, -0.15) is 0 Å². The molecule has 0 saturated carbocycles. The number of carbonyl (C=O) groups is 2. The first kappa shape index (κ1) is 14.8. The normalized spacial score (nSPS) is 10.3. The molecule has 0 aliphatic rings. The molecule has 0 spiro atoms. The highest BCUT2D eigenvalue weighted by atomic mass is 16.5. The van der Waals surface area contributed by atoms with E-state index in [9.17, 15) is 9.59 Å². The monoisotopic (exact) mass is 306 g/mol. The van der Waals surface area contributed by atoms with Crippen molar-refractivity contribution in [1.82, 2.24) is 0 Å². The summed E-state index contributed by atoms with van der Waals surface area (Å²) in [5, 5.41) is 0. The molecule has 0 bridgehead atoms. The lowest BCUT2D eigenvalue weighted by atomic mass is 9.97. The quantitative estimate of drug-likeness (QED) is 0.535. The first-order chi connectivity index (χ1) is 11.2. The van der Waals surface area contributed by atoms with Crippen LogP contribution < -0.4 is 0 Å². The number of aldehydes is 1. The van der Waals surface area contributed by atoms with Crippen LogP contribution in [0.25, 0.3) is 22.5 Å². The molecule has 3 rings (SSSR count). The minimum Gasteiger partial charge on any atom is -0.465 e. The predicted octanol–water partition coefficient (Wildman–Crippen LogP) is 4.21. The number of hydrogen-bond donors (Lipinski definition) is 0. The zero-order chi connectivity index (χ0) is 16.2. The van der Waals surface area contributed by atoms with Crippen LogP contribution in [0.4, 0.5) is 0 Å². The SMILES string of the molecule is COC(=O)c1ccc(-c2ccccc2-c2ccc(C=O)o2)cc1. The summed E-state index contributed by atoms with van der Waals surface area (Å²) in [5.41, 5.74) is 3.27. The van der Waals surface area contributed by atoms with E-state index < -0.39 is 0 Å². The van der Waals surface area contributed by atoms with Crippen molar-refractivity contribution in [3.05, 3.63) is 72.0 Å². The fraction of sp³-hybridized carbons (Fsp3) is 0.0526. The summed E-state index contributed by atoms with van der Waals surface area (Å²) in [6, 6.07) is 18.3. The molecule has 0 saturated heterocycles. The fourth-order valence-electron chi connectivity index (χ4n) is 2.41. The van der Waals surface area contributed by atoms with E-state index in [0.717, 1.165) is 16.7 Å². The molecule has 0 amide bonds. The lowest BCUT2D eigenvalue weighted by Crippen LogP contribution is -2.00. The zero-order valence-corrected chi connectivity index (χ0v) is 12.5. The molecular weight excluding hydrogens is 292 g/mol. The third-order valence-corrected chi connectivity index (χ3v) is 3.55. The Hall–Kier alpha value is -3.14. The highest BCUT2D eigenvalue weighted by Crippen LogP contribution is 2.33. The molecule has 0 fully saturated rings. The smallest absolute Gasteiger partial charge is 0.337 e. The molecule has 114 valence electrons. The van der Waals surface area contributed by atoms with Crippen LogP contribution in [0.2, 0.25) is 0 Å². The molecule has 4 heteroatoms. The number of rotatable bonds is 4. The van der Waals surface area contributed by atoms with Crippen LogP contribution in [0.15, 0.2) is 65.1 Å². The van der Waals surface area contributed by atoms with E-state index in [1.165, 1.54) is 7.11 Å². The summed E-state index contributed by atoms with van der Waals surface area (Å²) in [5.74, 6) is 0.544. The molecule has 0 N–H and O–H groups in total. The summed E-state index contributed by atoms with van der Waals surface area (Å²) in [6.45, 7) is 0.